The van der Waals surface area contributed by atoms with Crippen molar-refractivity contribution in [2.75, 3.05) is 0 Å². The van der Waals surface area contributed by atoms with Crippen LogP contribution in [0, 0.1) is 10.2 Å². The van der Waals surface area contributed by atoms with Crippen LogP contribution in [-0.4, -0.2) is 20.7 Å². The zero-order chi connectivity index (χ0) is 19.6. The topological polar surface area (TPSA) is 62.7 Å². The van der Waals surface area contributed by atoms with E-state index in [4.69, 9.17) is 12.2 Å². The van der Waals surface area contributed by atoms with Crippen molar-refractivity contribution in [1.29, 1.82) is 0 Å². The average molecular weight is 401 g/mol. The number of hydrogen-bond donors (Lipinski definition) is 2. The summed E-state index contributed by atoms with van der Waals surface area (Å²) in [5.41, 5.74) is 0.949. The van der Waals surface area contributed by atoms with E-state index in [-0.39, 0.29) is 17.4 Å². The van der Waals surface area contributed by atoms with Gasteiger partial charge >= 0.3 is 0 Å². The van der Waals surface area contributed by atoms with Crippen LogP contribution in [0.2, 0.25) is 0 Å². The minimum absolute atomic E-state index is 0.0888. The van der Waals surface area contributed by atoms with Crippen LogP contribution in [0.4, 0.5) is 0 Å². The standard InChI is InChI=1S/C20H24N4OS2/c1-13(24-17(22-23-19(24)26)15-11-8-12-27-15)18(25)21-16(20(2,3)4)14-9-6-5-7-10-14/h5-13,16H,1-4H3,(H,21,25)(H,23,26). The summed E-state index contributed by atoms with van der Waals surface area (Å²) in [6.07, 6.45) is 0. The second kappa shape index (κ2) is 7.78. The van der Waals surface area contributed by atoms with E-state index < -0.39 is 6.04 Å². The van der Waals surface area contributed by atoms with E-state index in [9.17, 15) is 4.79 Å². The molecule has 0 fully saturated rings. The summed E-state index contributed by atoms with van der Waals surface area (Å²) in [6.45, 7) is 8.21. The molecule has 2 N–H and O–H groups in total. The molecule has 5 nitrogen and oxygen atoms in total. The van der Waals surface area contributed by atoms with Gasteiger partial charge in [0.15, 0.2) is 10.6 Å². The number of rotatable bonds is 5. The van der Waals surface area contributed by atoms with E-state index in [0.717, 1.165) is 10.4 Å². The third kappa shape index (κ3) is 4.20. The molecule has 0 aliphatic heterocycles. The molecular weight excluding hydrogens is 376 g/mol. The summed E-state index contributed by atoms with van der Waals surface area (Å²) in [4.78, 5) is 14.1. The van der Waals surface area contributed by atoms with Crippen molar-refractivity contribution in [3.05, 3.63) is 58.2 Å². The molecule has 0 radical (unpaired) electrons. The number of nitrogens with one attached hydrogen (secondary N) is 2. The average Bonchev–Trinajstić information content (AvgIpc) is 3.28. The summed E-state index contributed by atoms with van der Waals surface area (Å²) in [7, 11) is 0. The monoisotopic (exact) mass is 400 g/mol. The van der Waals surface area contributed by atoms with E-state index in [1.54, 1.807) is 15.9 Å². The fourth-order valence-corrected chi connectivity index (χ4v) is 4.07. The van der Waals surface area contributed by atoms with Crippen LogP contribution >= 0.6 is 23.6 Å². The number of thiophene rings is 1. The first kappa shape index (κ1) is 19.5. The van der Waals surface area contributed by atoms with E-state index >= 15 is 0 Å². The Bertz CT molecular complexity index is 952. The second-order valence-electron chi connectivity index (χ2n) is 7.59. The molecule has 0 spiro atoms. The first-order valence-corrected chi connectivity index (χ1v) is 10.1. The second-order valence-corrected chi connectivity index (χ2v) is 8.93. The Morgan fingerprint density at radius 2 is 1.93 bits per heavy atom. The highest BCUT2D eigenvalue weighted by molar-refractivity contribution is 7.71. The first-order chi connectivity index (χ1) is 12.8. The fraction of sp³-hybridized carbons (Fsp3) is 0.350. The molecule has 3 rings (SSSR count). The molecule has 2 aromatic heterocycles. The van der Waals surface area contributed by atoms with Gasteiger partial charge in [-0.25, -0.2) is 0 Å². The molecule has 0 aliphatic carbocycles. The van der Waals surface area contributed by atoms with Crippen molar-refractivity contribution in [1.82, 2.24) is 20.1 Å². The predicted molar refractivity (Wildman–Crippen MR) is 112 cm³/mol. The number of carbonyl (C=O) groups is 1. The molecule has 3 aromatic rings. The molecule has 7 heteroatoms. The molecule has 27 heavy (non-hydrogen) atoms. The Morgan fingerprint density at radius 3 is 2.52 bits per heavy atom. The number of aromatic amines is 1. The van der Waals surface area contributed by atoms with Crippen LogP contribution in [-0.2, 0) is 4.79 Å². The Morgan fingerprint density at radius 1 is 1.22 bits per heavy atom. The number of H-pyrrole nitrogens is 1. The third-order valence-corrected chi connectivity index (χ3v) is 5.65. The zero-order valence-electron chi connectivity index (χ0n) is 15.9. The van der Waals surface area contributed by atoms with Crippen molar-refractivity contribution < 1.29 is 4.79 Å². The fourth-order valence-electron chi connectivity index (χ4n) is 3.07. The van der Waals surface area contributed by atoms with E-state index in [2.05, 4.69) is 36.3 Å². The van der Waals surface area contributed by atoms with Crippen molar-refractivity contribution >= 4 is 29.5 Å². The number of benzene rings is 1. The quantitative estimate of drug-likeness (QED) is 0.583. The smallest absolute Gasteiger partial charge is 0.243 e. The highest BCUT2D eigenvalue weighted by Crippen LogP contribution is 2.33. The lowest BCUT2D eigenvalue weighted by atomic mass is 9.82. The summed E-state index contributed by atoms with van der Waals surface area (Å²) < 4.78 is 2.22. The summed E-state index contributed by atoms with van der Waals surface area (Å²) in [5, 5.41) is 12.3. The van der Waals surface area contributed by atoms with Gasteiger partial charge in [0.05, 0.1) is 10.9 Å². The van der Waals surface area contributed by atoms with Gasteiger partial charge in [-0.3, -0.25) is 14.5 Å². The van der Waals surface area contributed by atoms with Gasteiger partial charge in [-0.15, -0.1) is 11.3 Å². The first-order valence-electron chi connectivity index (χ1n) is 8.85. The largest absolute Gasteiger partial charge is 0.347 e. The van der Waals surface area contributed by atoms with E-state index in [0.29, 0.717) is 10.6 Å². The lowest BCUT2D eigenvalue weighted by molar-refractivity contribution is -0.125. The van der Waals surface area contributed by atoms with Gasteiger partial charge in [-0.2, -0.15) is 5.10 Å². The SMILES string of the molecule is CC(C(=O)NC(c1ccccc1)C(C)(C)C)n1c(-c2cccs2)n[nH]c1=S. The van der Waals surface area contributed by atoms with Crippen molar-refractivity contribution in [2.24, 2.45) is 5.41 Å². The molecule has 142 valence electrons. The zero-order valence-corrected chi connectivity index (χ0v) is 17.5. The Hall–Kier alpha value is -2.25. The minimum atomic E-state index is -0.484. The number of amides is 1. The van der Waals surface area contributed by atoms with Crippen LogP contribution in [0.25, 0.3) is 10.7 Å². The lowest BCUT2D eigenvalue weighted by Crippen LogP contribution is -2.40. The van der Waals surface area contributed by atoms with Crippen molar-refractivity contribution in [3.63, 3.8) is 0 Å². The van der Waals surface area contributed by atoms with Gasteiger partial charge in [-0.1, -0.05) is 57.2 Å². The van der Waals surface area contributed by atoms with Crippen molar-refractivity contribution in [2.45, 2.75) is 39.8 Å². The number of carbonyl (C=O) groups excluding carboxylic acids is 1. The van der Waals surface area contributed by atoms with Crippen LogP contribution < -0.4 is 5.32 Å². The normalized spacial score (nSPS) is 13.9. The molecule has 1 aromatic carbocycles. The molecule has 2 unspecified atom stereocenters. The van der Waals surface area contributed by atoms with Crippen LogP contribution in [0.5, 0.6) is 0 Å². The summed E-state index contributed by atoms with van der Waals surface area (Å²) >= 11 is 6.96. The molecule has 1 amide bonds. The number of hydrogen-bond acceptors (Lipinski definition) is 4. The molecule has 0 saturated heterocycles. The molecular formula is C20H24N4OS2. The van der Waals surface area contributed by atoms with Gasteiger partial charge in [-0.05, 0) is 41.6 Å². The van der Waals surface area contributed by atoms with Gasteiger partial charge in [0.1, 0.15) is 6.04 Å². The predicted octanol–water partition coefficient (Wildman–Crippen LogP) is 5.13. The van der Waals surface area contributed by atoms with Crippen molar-refractivity contribution in [3.8, 4) is 10.7 Å². The highest BCUT2D eigenvalue weighted by Gasteiger charge is 2.30. The highest BCUT2D eigenvalue weighted by atomic mass is 32.1. The molecule has 0 aliphatic rings. The minimum Gasteiger partial charge on any atom is -0.347 e. The maximum absolute atomic E-state index is 13.1. The van der Waals surface area contributed by atoms with Crippen LogP contribution in [0.1, 0.15) is 45.3 Å². The van der Waals surface area contributed by atoms with Gasteiger partial charge in [0.2, 0.25) is 5.91 Å². The van der Waals surface area contributed by atoms with E-state index in [1.807, 2.05) is 54.8 Å². The molecule has 0 saturated carbocycles. The van der Waals surface area contributed by atoms with Gasteiger partial charge < -0.3 is 5.32 Å². The maximum atomic E-state index is 13.1. The van der Waals surface area contributed by atoms with Crippen LogP contribution in [0.15, 0.2) is 47.8 Å². The summed E-state index contributed by atoms with van der Waals surface area (Å²) in [6, 6.07) is 13.4. The number of aromatic nitrogens is 3. The van der Waals surface area contributed by atoms with E-state index in [1.165, 1.54) is 0 Å². The third-order valence-electron chi connectivity index (χ3n) is 4.50. The Balaban J connectivity index is 1.90. The molecule has 0 bridgehead atoms. The maximum Gasteiger partial charge on any atom is 0.243 e. The lowest BCUT2D eigenvalue weighted by Gasteiger charge is -2.33. The molecule has 2 atom stereocenters. The Kier molecular flexibility index (Phi) is 5.62. The van der Waals surface area contributed by atoms with Crippen LogP contribution in [0.3, 0.4) is 0 Å². The van der Waals surface area contributed by atoms with Gasteiger partial charge in [0, 0.05) is 0 Å². The Labute approximate surface area is 168 Å². The number of nitrogens with zero attached hydrogens (tertiary/aromatic N) is 2. The molecule has 2 heterocycles. The summed E-state index contributed by atoms with van der Waals surface area (Å²) in [5.74, 6) is 0.596. The van der Waals surface area contributed by atoms with Gasteiger partial charge in [0.25, 0.3) is 0 Å².